The van der Waals surface area contributed by atoms with Gasteiger partial charge >= 0.3 is 0 Å². The minimum atomic E-state index is 0. The molecule has 0 fully saturated rings. The second-order valence-electron chi connectivity index (χ2n) is 0. The Labute approximate surface area is 54.6 Å². The van der Waals surface area contributed by atoms with Gasteiger partial charge in [0.2, 0.25) is 0 Å². The van der Waals surface area contributed by atoms with E-state index in [1.54, 1.807) is 0 Å². The molecule has 0 atom stereocenters. The van der Waals surface area contributed by atoms with Crippen LogP contribution in [-0.2, 0) is 32.7 Å². The summed E-state index contributed by atoms with van der Waals surface area (Å²) < 4.78 is 0. The van der Waals surface area contributed by atoms with Crippen molar-refractivity contribution in [2.24, 2.45) is 0 Å². The van der Waals surface area contributed by atoms with Crippen LogP contribution in [0.25, 0.3) is 0 Å². The third kappa shape index (κ3) is 10.9. The fraction of sp³-hybridized carbons (Fsp3) is 0. The normalized spacial score (nSPS) is 1.25. The van der Waals surface area contributed by atoms with Crippen LogP contribution < -0.4 is 0 Å². The molecule has 0 heterocycles. The summed E-state index contributed by atoms with van der Waals surface area (Å²) in [6.45, 7) is 2.75. The van der Waals surface area contributed by atoms with Gasteiger partial charge in [0.05, 0.1) is 0 Å². The van der Waals surface area contributed by atoms with Gasteiger partial charge in [-0.25, -0.2) is 0 Å². The van der Waals surface area contributed by atoms with Crippen LogP contribution in [0.2, 0.25) is 0 Å². The van der Waals surface area contributed by atoms with Gasteiger partial charge in [0.1, 0.15) is 0 Å². The van der Waals surface area contributed by atoms with Crippen molar-refractivity contribution in [1.29, 1.82) is 0 Å². The molecule has 0 saturated carbocycles. The molecule has 0 spiro atoms. The van der Waals surface area contributed by atoms with Crippen molar-refractivity contribution in [2.45, 2.75) is 0 Å². The van der Waals surface area contributed by atoms with E-state index >= 15 is 0 Å². The molecular formula is C2H5BY-2. The van der Waals surface area contributed by atoms with Gasteiger partial charge in [-0.2, -0.15) is 7.85 Å². The quantitative estimate of drug-likeness (QED) is 0.327. The molecule has 0 unspecified atom stereocenters. The Morgan fingerprint density at radius 3 is 1.25 bits per heavy atom. The minimum absolute atomic E-state index is 0. The Balaban J connectivity index is -0.00000000500. The third-order valence-corrected chi connectivity index (χ3v) is 0. The van der Waals surface area contributed by atoms with E-state index < -0.39 is 0 Å². The van der Waals surface area contributed by atoms with Crippen LogP contribution in [0.4, 0.5) is 0 Å². The largest absolute Gasteiger partial charge is 0.382 e. The van der Waals surface area contributed by atoms with E-state index in [0.29, 0.717) is 0 Å². The molecule has 0 amide bonds. The van der Waals surface area contributed by atoms with Crippen molar-refractivity contribution in [3.8, 4) is 0 Å². The Kier molecular flexibility index (Phi) is 146. The summed E-state index contributed by atoms with van der Waals surface area (Å²) in [7, 11) is 4.25. The number of hydrogen-bond donors (Lipinski definition) is 0. The fourth-order valence-electron chi connectivity index (χ4n) is 0. The van der Waals surface area contributed by atoms with Crippen LogP contribution in [0.15, 0.2) is 0 Å². The summed E-state index contributed by atoms with van der Waals surface area (Å²) in [6.07, 6.45) is 0. The molecule has 2 heteroatoms. The van der Waals surface area contributed by atoms with Crippen LogP contribution in [-0.4, -0.2) is 7.85 Å². The second-order valence-corrected chi connectivity index (χ2v) is 0. The van der Waals surface area contributed by atoms with E-state index in [4.69, 9.17) is 0 Å². The molecule has 4 heavy (non-hydrogen) atoms. The molecule has 21 valence electrons. The molecule has 0 aliphatic carbocycles. The SMILES string of the molecule is [B][CH2-].[CH3-].[Y]. The first-order valence-corrected chi connectivity index (χ1v) is 0.408. The van der Waals surface area contributed by atoms with Crippen molar-refractivity contribution in [3.63, 3.8) is 0 Å². The fourth-order valence-corrected chi connectivity index (χ4v) is 0. The molecular weight excluding hydrogens is 124 g/mol. The van der Waals surface area contributed by atoms with Crippen LogP contribution in [0, 0.1) is 14.2 Å². The van der Waals surface area contributed by atoms with Gasteiger partial charge in [0.15, 0.2) is 0 Å². The topological polar surface area (TPSA) is 0 Å². The Hall–Kier alpha value is 1.17. The maximum Gasteiger partial charge on any atom is 0 e. The van der Waals surface area contributed by atoms with Gasteiger partial charge in [0, 0.05) is 32.7 Å². The maximum atomic E-state index is 4.25. The van der Waals surface area contributed by atoms with Gasteiger partial charge in [-0.05, 0) is 0 Å². The monoisotopic (exact) mass is 129 g/mol. The first kappa shape index (κ1) is 19.1. The van der Waals surface area contributed by atoms with Crippen molar-refractivity contribution < 1.29 is 32.7 Å². The molecule has 3 radical (unpaired) electrons. The van der Waals surface area contributed by atoms with Gasteiger partial charge < -0.3 is 14.2 Å². The summed E-state index contributed by atoms with van der Waals surface area (Å²) in [6, 6.07) is 0. The van der Waals surface area contributed by atoms with Gasteiger partial charge in [-0.3, -0.25) is 0 Å². The number of hydrogen-bond acceptors (Lipinski definition) is 0. The van der Waals surface area contributed by atoms with E-state index in [2.05, 4.69) is 14.7 Å². The van der Waals surface area contributed by atoms with Crippen molar-refractivity contribution in [2.75, 3.05) is 0 Å². The smallest absolute Gasteiger partial charge is 0 e. The first-order valence-electron chi connectivity index (χ1n) is 0.408. The van der Waals surface area contributed by atoms with Crippen LogP contribution in [0.3, 0.4) is 0 Å². The summed E-state index contributed by atoms with van der Waals surface area (Å²) in [5.41, 5.74) is 0. The van der Waals surface area contributed by atoms with Crippen molar-refractivity contribution in [1.82, 2.24) is 0 Å². The average molecular weight is 129 g/mol. The van der Waals surface area contributed by atoms with E-state index in [9.17, 15) is 0 Å². The molecule has 0 aromatic carbocycles. The van der Waals surface area contributed by atoms with Crippen LogP contribution in [0.5, 0.6) is 0 Å². The molecule has 0 nitrogen and oxygen atoms in total. The number of rotatable bonds is 0. The predicted molar refractivity (Wildman–Crippen MR) is 17.5 cm³/mol. The molecule has 0 aliphatic heterocycles. The summed E-state index contributed by atoms with van der Waals surface area (Å²) in [5, 5.41) is 0. The molecule has 0 saturated heterocycles. The molecule has 0 aromatic heterocycles. The van der Waals surface area contributed by atoms with E-state index in [0.717, 1.165) is 0 Å². The molecule has 0 rings (SSSR count). The standard InChI is InChI=1S/CH2B.CH3.Y/c1-2;;/h1H2;1H3;/q2*-1;. The van der Waals surface area contributed by atoms with Crippen LogP contribution >= 0.6 is 0 Å². The zero-order valence-electron chi connectivity index (χ0n) is 2.86. The van der Waals surface area contributed by atoms with E-state index in [-0.39, 0.29) is 40.1 Å². The van der Waals surface area contributed by atoms with Gasteiger partial charge in [0.25, 0.3) is 0 Å². The van der Waals surface area contributed by atoms with Gasteiger partial charge in [-0.15, -0.1) is 0 Å². The molecule has 0 N–H and O–H groups in total. The summed E-state index contributed by atoms with van der Waals surface area (Å²) in [4.78, 5) is 0. The maximum absolute atomic E-state index is 4.25. The molecule has 0 aromatic rings. The average Bonchev–Trinajstić information content (AvgIpc) is 1.00. The van der Waals surface area contributed by atoms with Gasteiger partial charge in [-0.1, -0.05) is 0 Å². The van der Waals surface area contributed by atoms with E-state index in [1.165, 1.54) is 0 Å². The summed E-state index contributed by atoms with van der Waals surface area (Å²) >= 11 is 0. The Bertz CT molecular complexity index is 6.00. The first-order chi connectivity index (χ1) is 1.00. The second kappa shape index (κ2) is 30.6. The Morgan fingerprint density at radius 1 is 1.25 bits per heavy atom. The minimum Gasteiger partial charge on any atom is -0.382 e. The van der Waals surface area contributed by atoms with Crippen LogP contribution in [0.1, 0.15) is 0 Å². The van der Waals surface area contributed by atoms with Crippen molar-refractivity contribution >= 4 is 7.85 Å². The Morgan fingerprint density at radius 2 is 1.25 bits per heavy atom. The zero-order valence-corrected chi connectivity index (χ0v) is 5.70. The molecule has 0 aliphatic rings. The summed E-state index contributed by atoms with van der Waals surface area (Å²) in [5.74, 6) is 0. The zero-order chi connectivity index (χ0) is 2.00. The van der Waals surface area contributed by atoms with Crippen molar-refractivity contribution in [3.05, 3.63) is 14.2 Å². The van der Waals surface area contributed by atoms with E-state index in [1.807, 2.05) is 0 Å². The predicted octanol–water partition coefficient (Wildman–Crippen LogP) is 0.394. The third-order valence-electron chi connectivity index (χ3n) is 0. The molecule has 0 bridgehead atoms.